The van der Waals surface area contributed by atoms with Gasteiger partial charge in [0, 0.05) is 45.2 Å². The van der Waals surface area contributed by atoms with Crippen molar-refractivity contribution in [3.8, 4) is 0 Å². The predicted octanol–water partition coefficient (Wildman–Crippen LogP) is 3.01. The third-order valence-corrected chi connectivity index (χ3v) is 3.40. The molecule has 92 valence electrons. The van der Waals surface area contributed by atoms with Crippen molar-refractivity contribution in [2.24, 2.45) is 0 Å². The van der Waals surface area contributed by atoms with Crippen molar-refractivity contribution in [2.75, 3.05) is 5.73 Å². The maximum absolute atomic E-state index is 12.1. The Morgan fingerprint density at radius 2 is 2.11 bits per heavy atom. The normalized spacial score (nSPS) is 10.3. The number of pyridine rings is 2. The Kier molecular flexibility index (Phi) is 4.08. The number of Topliss-reactive ketones (excluding diaryl/α,β-unsaturated/α-hetero) is 1. The number of hydrogen-bond acceptors (Lipinski definition) is 4. The van der Waals surface area contributed by atoms with Gasteiger partial charge in [0.05, 0.1) is 0 Å². The molecule has 0 bridgehead atoms. The van der Waals surface area contributed by atoms with E-state index in [0.29, 0.717) is 21.4 Å². The van der Waals surface area contributed by atoms with Gasteiger partial charge in [0.2, 0.25) is 0 Å². The summed E-state index contributed by atoms with van der Waals surface area (Å²) < 4.78 is 1.47. The van der Waals surface area contributed by atoms with Crippen LogP contribution in [0.2, 0.25) is 0 Å². The highest BCUT2D eigenvalue weighted by Crippen LogP contribution is 2.21. The Balaban J connectivity index is 2.25. The maximum atomic E-state index is 12.1. The Morgan fingerprint density at radius 3 is 2.78 bits per heavy atom. The summed E-state index contributed by atoms with van der Waals surface area (Å²) in [6.07, 6.45) is 4.97. The maximum Gasteiger partial charge on any atom is 0.186 e. The number of halogens is 2. The van der Waals surface area contributed by atoms with Crippen LogP contribution < -0.4 is 5.73 Å². The molecule has 2 N–H and O–H groups in total. The Hall–Kier alpha value is -1.27. The SMILES string of the molecule is Nc1ccncc1CC(=O)c1ncc(Br)cc1Br. The van der Waals surface area contributed by atoms with Gasteiger partial charge in [-0.1, -0.05) is 0 Å². The summed E-state index contributed by atoms with van der Waals surface area (Å²) in [6, 6.07) is 3.46. The molecule has 0 aromatic carbocycles. The van der Waals surface area contributed by atoms with E-state index in [1.165, 1.54) is 0 Å². The summed E-state index contributed by atoms with van der Waals surface area (Å²) in [5, 5.41) is 0. The zero-order valence-electron chi connectivity index (χ0n) is 9.23. The van der Waals surface area contributed by atoms with E-state index in [1.807, 2.05) is 0 Å². The molecule has 0 aliphatic carbocycles. The average molecular weight is 371 g/mol. The monoisotopic (exact) mass is 369 g/mol. The van der Waals surface area contributed by atoms with Crippen LogP contribution in [0.1, 0.15) is 16.1 Å². The first-order valence-electron chi connectivity index (χ1n) is 5.10. The van der Waals surface area contributed by atoms with E-state index in [9.17, 15) is 4.79 Å². The van der Waals surface area contributed by atoms with Gasteiger partial charge in [-0.25, -0.2) is 0 Å². The minimum absolute atomic E-state index is 0.103. The fourth-order valence-electron chi connectivity index (χ4n) is 1.46. The number of nitrogens with two attached hydrogens (primary N) is 1. The van der Waals surface area contributed by atoms with E-state index in [-0.39, 0.29) is 12.2 Å². The summed E-state index contributed by atoms with van der Waals surface area (Å²) in [6.45, 7) is 0. The van der Waals surface area contributed by atoms with E-state index in [0.717, 1.165) is 4.47 Å². The average Bonchev–Trinajstić information content (AvgIpc) is 2.32. The predicted molar refractivity (Wildman–Crippen MR) is 76.3 cm³/mol. The molecular formula is C12H9Br2N3O. The van der Waals surface area contributed by atoms with Gasteiger partial charge < -0.3 is 5.73 Å². The standard InChI is InChI=1S/C12H9Br2N3O/c13-8-4-9(14)12(17-6-8)11(18)3-7-5-16-2-1-10(7)15/h1-2,4-6H,3H2,(H2,15,16). The first kappa shape index (κ1) is 13.2. The topological polar surface area (TPSA) is 68.9 Å². The van der Waals surface area contributed by atoms with Gasteiger partial charge in [-0.3, -0.25) is 14.8 Å². The molecule has 0 saturated heterocycles. The van der Waals surface area contributed by atoms with Crippen LogP contribution in [0.3, 0.4) is 0 Å². The highest BCUT2D eigenvalue weighted by molar-refractivity contribution is 9.11. The van der Waals surface area contributed by atoms with Crippen LogP contribution in [-0.2, 0) is 6.42 Å². The second kappa shape index (κ2) is 5.58. The minimum Gasteiger partial charge on any atom is -0.398 e. The first-order valence-corrected chi connectivity index (χ1v) is 6.69. The Morgan fingerprint density at radius 1 is 1.33 bits per heavy atom. The minimum atomic E-state index is -0.103. The van der Waals surface area contributed by atoms with E-state index in [2.05, 4.69) is 41.8 Å². The van der Waals surface area contributed by atoms with Crippen LogP contribution in [0.15, 0.2) is 39.7 Å². The Labute approximate surface area is 121 Å². The number of aromatic nitrogens is 2. The number of carbonyl (C=O) groups is 1. The molecule has 0 aliphatic heterocycles. The highest BCUT2D eigenvalue weighted by Gasteiger charge is 2.14. The molecular weight excluding hydrogens is 362 g/mol. The lowest BCUT2D eigenvalue weighted by Crippen LogP contribution is -2.09. The molecule has 4 nitrogen and oxygen atoms in total. The van der Waals surface area contributed by atoms with E-state index in [4.69, 9.17) is 5.73 Å². The van der Waals surface area contributed by atoms with Gasteiger partial charge in [-0.05, 0) is 44.0 Å². The lowest BCUT2D eigenvalue weighted by molar-refractivity contribution is 0.0987. The zero-order valence-corrected chi connectivity index (χ0v) is 12.4. The summed E-state index contributed by atoms with van der Waals surface area (Å²) in [5.74, 6) is -0.103. The smallest absolute Gasteiger partial charge is 0.186 e. The molecule has 0 saturated carbocycles. The molecule has 0 radical (unpaired) electrons. The van der Waals surface area contributed by atoms with Gasteiger partial charge >= 0.3 is 0 Å². The number of hydrogen-bond donors (Lipinski definition) is 1. The third kappa shape index (κ3) is 2.94. The van der Waals surface area contributed by atoms with Crippen molar-refractivity contribution in [3.63, 3.8) is 0 Å². The number of ketones is 1. The van der Waals surface area contributed by atoms with E-state index < -0.39 is 0 Å². The molecule has 2 aromatic heterocycles. The van der Waals surface area contributed by atoms with Crippen molar-refractivity contribution >= 4 is 43.3 Å². The van der Waals surface area contributed by atoms with Crippen LogP contribution in [0, 0.1) is 0 Å². The fraction of sp³-hybridized carbons (Fsp3) is 0.0833. The summed E-state index contributed by atoms with van der Waals surface area (Å²) >= 11 is 6.61. The first-order chi connectivity index (χ1) is 8.58. The van der Waals surface area contributed by atoms with Crippen molar-refractivity contribution in [1.82, 2.24) is 9.97 Å². The van der Waals surface area contributed by atoms with Crippen LogP contribution in [0.4, 0.5) is 5.69 Å². The van der Waals surface area contributed by atoms with Gasteiger partial charge in [0.1, 0.15) is 5.69 Å². The number of carbonyl (C=O) groups excluding carboxylic acids is 1. The largest absolute Gasteiger partial charge is 0.398 e. The molecule has 2 heterocycles. The highest BCUT2D eigenvalue weighted by atomic mass is 79.9. The number of nitrogen functional groups attached to an aromatic ring is 1. The van der Waals surface area contributed by atoms with Crippen LogP contribution in [0.25, 0.3) is 0 Å². The van der Waals surface area contributed by atoms with Crippen molar-refractivity contribution in [1.29, 1.82) is 0 Å². The van der Waals surface area contributed by atoms with Crippen LogP contribution in [-0.4, -0.2) is 15.8 Å². The second-order valence-corrected chi connectivity index (χ2v) is 5.43. The van der Waals surface area contributed by atoms with E-state index in [1.54, 1.807) is 30.7 Å². The molecule has 0 aliphatic rings. The number of anilines is 1. The molecule has 0 fully saturated rings. The second-order valence-electron chi connectivity index (χ2n) is 3.66. The lowest BCUT2D eigenvalue weighted by atomic mass is 10.1. The Bertz CT molecular complexity index is 602. The van der Waals surface area contributed by atoms with Gasteiger partial charge in [0.15, 0.2) is 5.78 Å². The summed E-state index contributed by atoms with van der Waals surface area (Å²) in [5.41, 5.74) is 7.44. The van der Waals surface area contributed by atoms with Crippen molar-refractivity contribution < 1.29 is 4.79 Å². The lowest BCUT2D eigenvalue weighted by Gasteiger charge is -2.05. The van der Waals surface area contributed by atoms with Crippen molar-refractivity contribution in [2.45, 2.75) is 6.42 Å². The third-order valence-electron chi connectivity index (χ3n) is 2.36. The fourth-order valence-corrected chi connectivity index (χ4v) is 2.67. The molecule has 0 atom stereocenters. The molecule has 2 rings (SSSR count). The van der Waals surface area contributed by atoms with Crippen LogP contribution >= 0.6 is 31.9 Å². The quantitative estimate of drug-likeness (QED) is 0.843. The molecule has 0 unspecified atom stereocenters. The molecule has 0 amide bonds. The van der Waals surface area contributed by atoms with Gasteiger partial charge in [-0.15, -0.1) is 0 Å². The summed E-state index contributed by atoms with van der Waals surface area (Å²) in [4.78, 5) is 20.2. The van der Waals surface area contributed by atoms with Gasteiger partial charge in [0.25, 0.3) is 0 Å². The zero-order chi connectivity index (χ0) is 13.1. The number of nitrogens with zero attached hydrogens (tertiary/aromatic N) is 2. The van der Waals surface area contributed by atoms with E-state index >= 15 is 0 Å². The number of rotatable bonds is 3. The molecule has 0 spiro atoms. The van der Waals surface area contributed by atoms with Gasteiger partial charge in [-0.2, -0.15) is 0 Å². The molecule has 18 heavy (non-hydrogen) atoms. The molecule has 2 aromatic rings. The van der Waals surface area contributed by atoms with Crippen molar-refractivity contribution in [3.05, 3.63) is 50.9 Å². The molecule has 6 heteroatoms. The summed E-state index contributed by atoms with van der Waals surface area (Å²) in [7, 11) is 0. The van der Waals surface area contributed by atoms with Crippen LogP contribution in [0.5, 0.6) is 0 Å².